The number of cyclic esters (lactones) is 1. The molecule has 0 radical (unpaired) electrons. The van der Waals surface area contributed by atoms with Gasteiger partial charge in [0.05, 0.1) is 0 Å². The van der Waals surface area contributed by atoms with Gasteiger partial charge in [-0.15, -0.1) is 0 Å². The molecule has 0 unspecified atom stereocenters. The Bertz CT molecular complexity index is 524. The summed E-state index contributed by atoms with van der Waals surface area (Å²) < 4.78 is 4.63. The van der Waals surface area contributed by atoms with E-state index in [0.29, 0.717) is 0 Å². The molecule has 1 aliphatic rings. The Balaban J connectivity index is 1.92. The van der Waals surface area contributed by atoms with Crippen LogP contribution in [0.15, 0.2) is 12.3 Å². The molecule has 4 N–H and O–H groups in total. The third-order valence-corrected chi connectivity index (χ3v) is 5.80. The van der Waals surface area contributed by atoms with Crippen LogP contribution >= 0.6 is 0 Å². The number of carbonyl (C=O) groups excluding carboxylic acids is 2. The highest BCUT2D eigenvalue weighted by atomic mass is 16.6. The highest BCUT2D eigenvalue weighted by Gasteiger charge is 2.48. The third kappa shape index (κ3) is 11.7. The van der Waals surface area contributed by atoms with Gasteiger partial charge in [0.25, 0.3) is 5.91 Å². The summed E-state index contributed by atoms with van der Waals surface area (Å²) in [6, 6.07) is 0. The molecule has 1 rings (SSSR count). The number of nitrogens with one attached hydrogen (secondary N) is 1. The molecule has 1 heterocycles. The standard InChI is InChI=1S/C24H43NO6/c1-2-3-4-5-6-7-8-9-10-11-12-13-14-15-16-17-18-25-23(29)21(28)22-19(26)20(27)24(30)31-22/h17-22,26-28H,2-16H2,1H3,(H,25,29)/b18-17+/t19-,20+,21-,22+/m1/s1. The zero-order chi connectivity index (χ0) is 22.9. The number of hydrogen-bond donors (Lipinski definition) is 4. The number of esters is 1. The van der Waals surface area contributed by atoms with E-state index in [1.165, 1.54) is 83.2 Å². The Kier molecular flexibility index (Phi) is 15.3. The lowest BCUT2D eigenvalue weighted by Gasteiger charge is -2.18. The topological polar surface area (TPSA) is 116 Å². The van der Waals surface area contributed by atoms with Crippen LogP contribution in [0.4, 0.5) is 0 Å². The highest BCUT2D eigenvalue weighted by Crippen LogP contribution is 2.19. The van der Waals surface area contributed by atoms with Gasteiger partial charge in [-0.3, -0.25) is 4.79 Å². The van der Waals surface area contributed by atoms with Gasteiger partial charge in [0, 0.05) is 0 Å². The minimum atomic E-state index is -1.73. The fourth-order valence-electron chi connectivity index (χ4n) is 3.76. The van der Waals surface area contributed by atoms with E-state index in [4.69, 9.17) is 0 Å². The van der Waals surface area contributed by atoms with E-state index in [1.54, 1.807) is 0 Å². The van der Waals surface area contributed by atoms with Gasteiger partial charge in [0.1, 0.15) is 6.10 Å². The minimum absolute atomic E-state index is 0.789. The van der Waals surface area contributed by atoms with Crippen LogP contribution in [-0.4, -0.2) is 51.6 Å². The molecule has 7 heteroatoms. The van der Waals surface area contributed by atoms with Crippen LogP contribution in [0.1, 0.15) is 103 Å². The molecule has 1 aliphatic heterocycles. The fraction of sp³-hybridized carbons (Fsp3) is 0.833. The van der Waals surface area contributed by atoms with Crippen molar-refractivity contribution < 1.29 is 29.6 Å². The number of unbranched alkanes of at least 4 members (excludes halogenated alkanes) is 14. The Labute approximate surface area is 187 Å². The number of carbonyl (C=O) groups is 2. The molecule has 0 saturated carbocycles. The second-order valence-electron chi connectivity index (χ2n) is 8.58. The van der Waals surface area contributed by atoms with Gasteiger partial charge in [-0.05, 0) is 19.0 Å². The normalized spacial score (nSPS) is 22.1. The van der Waals surface area contributed by atoms with Gasteiger partial charge < -0.3 is 25.4 Å². The Hall–Kier alpha value is -1.44. The summed E-state index contributed by atoms with van der Waals surface area (Å²) in [4.78, 5) is 23.0. The maximum absolute atomic E-state index is 11.9. The second kappa shape index (κ2) is 17.2. The van der Waals surface area contributed by atoms with Crippen molar-refractivity contribution in [3.63, 3.8) is 0 Å². The maximum atomic E-state index is 11.9. The molecule has 180 valence electrons. The fourth-order valence-corrected chi connectivity index (χ4v) is 3.76. The van der Waals surface area contributed by atoms with E-state index < -0.39 is 36.3 Å². The van der Waals surface area contributed by atoms with Gasteiger partial charge in [-0.2, -0.15) is 0 Å². The van der Waals surface area contributed by atoms with Crippen molar-refractivity contribution in [1.29, 1.82) is 0 Å². The predicted octanol–water partition coefficient (Wildman–Crippen LogP) is 3.50. The second-order valence-corrected chi connectivity index (χ2v) is 8.58. The molecule has 1 amide bonds. The molecular formula is C24H43NO6. The number of hydrogen-bond acceptors (Lipinski definition) is 6. The predicted molar refractivity (Wildman–Crippen MR) is 120 cm³/mol. The average Bonchev–Trinajstić information content (AvgIpc) is 3.02. The molecule has 31 heavy (non-hydrogen) atoms. The zero-order valence-corrected chi connectivity index (χ0v) is 19.1. The van der Waals surface area contributed by atoms with E-state index in [1.807, 2.05) is 6.08 Å². The summed E-state index contributed by atoms with van der Waals surface area (Å²) in [5.74, 6) is -1.83. The molecule has 4 atom stereocenters. The van der Waals surface area contributed by atoms with Crippen molar-refractivity contribution in [2.24, 2.45) is 0 Å². The molecule has 7 nitrogen and oxygen atoms in total. The van der Waals surface area contributed by atoms with Crippen LogP contribution in [0, 0.1) is 0 Å². The number of aliphatic hydroxyl groups excluding tert-OH is 3. The first-order chi connectivity index (χ1) is 15.0. The lowest BCUT2D eigenvalue weighted by Crippen LogP contribution is -2.46. The molecule has 1 fully saturated rings. The van der Waals surface area contributed by atoms with Crippen molar-refractivity contribution in [3.8, 4) is 0 Å². The highest BCUT2D eigenvalue weighted by molar-refractivity contribution is 5.84. The number of aliphatic hydroxyl groups is 3. The molecule has 0 aliphatic carbocycles. The number of ether oxygens (including phenoxy) is 1. The third-order valence-electron chi connectivity index (χ3n) is 5.80. The Morgan fingerprint density at radius 1 is 0.935 bits per heavy atom. The van der Waals surface area contributed by atoms with Crippen molar-refractivity contribution in [3.05, 3.63) is 12.3 Å². The molecule has 1 saturated heterocycles. The van der Waals surface area contributed by atoms with Gasteiger partial charge in [-0.1, -0.05) is 96.5 Å². The summed E-state index contributed by atoms with van der Waals surface area (Å²) in [7, 11) is 0. The van der Waals surface area contributed by atoms with Gasteiger partial charge >= 0.3 is 5.97 Å². The van der Waals surface area contributed by atoms with Gasteiger partial charge in [0.15, 0.2) is 18.3 Å². The lowest BCUT2D eigenvalue weighted by atomic mass is 10.0. The molecule has 0 aromatic heterocycles. The monoisotopic (exact) mass is 441 g/mol. The molecule has 0 bridgehead atoms. The maximum Gasteiger partial charge on any atom is 0.338 e. The van der Waals surface area contributed by atoms with Crippen LogP contribution in [-0.2, 0) is 14.3 Å². The van der Waals surface area contributed by atoms with Crippen molar-refractivity contribution in [1.82, 2.24) is 5.32 Å². The van der Waals surface area contributed by atoms with Crippen molar-refractivity contribution in [2.75, 3.05) is 0 Å². The smallest absolute Gasteiger partial charge is 0.338 e. The molecular weight excluding hydrogens is 398 g/mol. The summed E-state index contributed by atoms with van der Waals surface area (Å²) in [6.45, 7) is 2.25. The van der Waals surface area contributed by atoms with E-state index in [0.717, 1.165) is 19.3 Å². The zero-order valence-electron chi connectivity index (χ0n) is 19.1. The van der Waals surface area contributed by atoms with Crippen molar-refractivity contribution in [2.45, 2.75) is 128 Å². The van der Waals surface area contributed by atoms with Crippen LogP contribution < -0.4 is 5.32 Å². The summed E-state index contributed by atoms with van der Waals surface area (Å²) in [5.41, 5.74) is 0. The summed E-state index contributed by atoms with van der Waals surface area (Å²) >= 11 is 0. The Morgan fingerprint density at radius 3 is 1.87 bits per heavy atom. The van der Waals surface area contributed by atoms with Crippen LogP contribution in [0.3, 0.4) is 0 Å². The van der Waals surface area contributed by atoms with E-state index in [-0.39, 0.29) is 0 Å². The lowest BCUT2D eigenvalue weighted by molar-refractivity contribution is -0.153. The number of amides is 1. The van der Waals surface area contributed by atoms with Crippen LogP contribution in [0.5, 0.6) is 0 Å². The van der Waals surface area contributed by atoms with E-state index in [2.05, 4.69) is 17.0 Å². The van der Waals surface area contributed by atoms with Gasteiger partial charge in [-0.25, -0.2) is 4.79 Å². The first kappa shape index (κ1) is 27.6. The molecule has 0 aromatic rings. The summed E-state index contributed by atoms with van der Waals surface area (Å²) in [5, 5.41) is 31.2. The number of rotatable bonds is 18. The molecule has 0 spiro atoms. The molecule has 0 aromatic carbocycles. The minimum Gasteiger partial charge on any atom is -0.454 e. The number of allylic oxidation sites excluding steroid dienone is 1. The quantitative estimate of drug-likeness (QED) is 0.191. The first-order valence-electron chi connectivity index (χ1n) is 12.2. The SMILES string of the molecule is CCCCCCCCCCCCCCCC/C=C/NC(=O)[C@H](O)[C@H]1OC(=O)[C@@H](O)[C@H]1O. The Morgan fingerprint density at radius 2 is 1.42 bits per heavy atom. The summed E-state index contributed by atoms with van der Waals surface area (Å²) in [6.07, 6.45) is 15.9. The van der Waals surface area contributed by atoms with Crippen LogP contribution in [0.2, 0.25) is 0 Å². The first-order valence-corrected chi connectivity index (χ1v) is 12.2. The largest absolute Gasteiger partial charge is 0.454 e. The van der Waals surface area contributed by atoms with E-state index >= 15 is 0 Å². The average molecular weight is 442 g/mol. The van der Waals surface area contributed by atoms with Crippen molar-refractivity contribution >= 4 is 11.9 Å². The van der Waals surface area contributed by atoms with Crippen LogP contribution in [0.25, 0.3) is 0 Å². The van der Waals surface area contributed by atoms with Gasteiger partial charge in [0.2, 0.25) is 0 Å². The van der Waals surface area contributed by atoms with E-state index in [9.17, 15) is 24.9 Å².